The largest absolute Gasteiger partial charge is 0.494 e. The second-order valence-corrected chi connectivity index (χ2v) is 4.40. The highest BCUT2D eigenvalue weighted by molar-refractivity contribution is 5.83. The van der Waals surface area contributed by atoms with Gasteiger partial charge >= 0.3 is 0 Å². The van der Waals surface area contributed by atoms with E-state index in [9.17, 15) is 4.79 Å². The van der Waals surface area contributed by atoms with Crippen LogP contribution >= 0.6 is 0 Å². The third kappa shape index (κ3) is 5.28. The molecule has 2 aromatic rings. The summed E-state index contributed by atoms with van der Waals surface area (Å²) in [5.41, 5.74) is 3.26. The maximum absolute atomic E-state index is 11.6. The predicted octanol–water partition coefficient (Wildman–Crippen LogP) is 2.61. The fraction of sp³-hybridized carbons (Fsp3) is 0.176. The van der Waals surface area contributed by atoms with E-state index in [0.29, 0.717) is 12.4 Å². The molecule has 0 saturated heterocycles. The summed E-state index contributed by atoms with van der Waals surface area (Å²) in [5.74, 6) is 1.09. The molecular formula is C17H18N2O3. The lowest BCUT2D eigenvalue weighted by Gasteiger charge is -2.04. The van der Waals surface area contributed by atoms with Gasteiger partial charge in [-0.15, -0.1) is 0 Å². The van der Waals surface area contributed by atoms with Crippen molar-refractivity contribution >= 4 is 12.1 Å². The predicted molar refractivity (Wildman–Crippen MR) is 85.3 cm³/mol. The number of hydrazone groups is 1. The summed E-state index contributed by atoms with van der Waals surface area (Å²) >= 11 is 0. The highest BCUT2D eigenvalue weighted by Crippen LogP contribution is 2.11. The molecule has 0 heterocycles. The molecule has 2 aromatic carbocycles. The molecule has 0 saturated carbocycles. The van der Waals surface area contributed by atoms with Gasteiger partial charge < -0.3 is 9.47 Å². The van der Waals surface area contributed by atoms with Crippen molar-refractivity contribution in [2.24, 2.45) is 5.10 Å². The van der Waals surface area contributed by atoms with Crippen LogP contribution in [0.2, 0.25) is 0 Å². The van der Waals surface area contributed by atoms with Gasteiger partial charge in [-0.2, -0.15) is 5.10 Å². The van der Waals surface area contributed by atoms with Crippen molar-refractivity contribution in [2.75, 3.05) is 13.2 Å². The van der Waals surface area contributed by atoms with Gasteiger partial charge in [-0.25, -0.2) is 5.43 Å². The molecule has 0 aliphatic rings. The molecule has 1 N–H and O–H groups in total. The molecule has 0 bridgehead atoms. The average Bonchev–Trinajstić information content (AvgIpc) is 2.55. The van der Waals surface area contributed by atoms with Gasteiger partial charge in [0.25, 0.3) is 5.91 Å². The van der Waals surface area contributed by atoms with Crippen molar-refractivity contribution in [1.82, 2.24) is 5.43 Å². The number of benzene rings is 2. The number of nitrogens with zero attached hydrogens (tertiary/aromatic N) is 1. The molecule has 0 spiro atoms. The van der Waals surface area contributed by atoms with Crippen LogP contribution in [0.5, 0.6) is 11.5 Å². The fourth-order valence-corrected chi connectivity index (χ4v) is 1.73. The summed E-state index contributed by atoms with van der Waals surface area (Å²) in [7, 11) is 0. The molecule has 5 heteroatoms. The summed E-state index contributed by atoms with van der Waals surface area (Å²) in [6.07, 6.45) is 1.56. The number of rotatable bonds is 7. The summed E-state index contributed by atoms with van der Waals surface area (Å²) in [6.45, 7) is 2.45. The lowest BCUT2D eigenvalue weighted by molar-refractivity contribution is -0.123. The maximum Gasteiger partial charge on any atom is 0.277 e. The zero-order valence-electron chi connectivity index (χ0n) is 12.4. The van der Waals surface area contributed by atoms with Gasteiger partial charge in [0.05, 0.1) is 12.8 Å². The topological polar surface area (TPSA) is 59.9 Å². The number of para-hydroxylation sites is 1. The second-order valence-electron chi connectivity index (χ2n) is 4.40. The van der Waals surface area contributed by atoms with Crippen molar-refractivity contribution < 1.29 is 14.3 Å². The molecule has 1 amide bonds. The standard InChI is InChI=1S/C17H18N2O3/c1-2-21-16-10-6-7-14(11-16)12-18-19-17(20)13-22-15-8-4-3-5-9-15/h3-12H,2,13H2,1H3,(H,19,20)/b18-12+. The van der Waals surface area contributed by atoms with Crippen molar-refractivity contribution in [2.45, 2.75) is 6.92 Å². The van der Waals surface area contributed by atoms with E-state index < -0.39 is 0 Å². The van der Waals surface area contributed by atoms with Gasteiger partial charge in [0.2, 0.25) is 0 Å². The Hall–Kier alpha value is -2.82. The molecule has 0 atom stereocenters. The zero-order valence-corrected chi connectivity index (χ0v) is 12.4. The molecule has 0 aliphatic carbocycles. The Balaban J connectivity index is 1.79. The second kappa shape index (κ2) is 8.46. The lowest BCUT2D eigenvalue weighted by Crippen LogP contribution is -2.24. The van der Waals surface area contributed by atoms with Crippen molar-refractivity contribution in [3.63, 3.8) is 0 Å². The van der Waals surface area contributed by atoms with Crippen LogP contribution in [0.3, 0.4) is 0 Å². The van der Waals surface area contributed by atoms with Crippen LogP contribution < -0.4 is 14.9 Å². The van der Waals surface area contributed by atoms with Gasteiger partial charge in [-0.3, -0.25) is 4.79 Å². The molecule has 0 aromatic heterocycles. The number of carbonyl (C=O) groups excluding carboxylic acids is 1. The van der Waals surface area contributed by atoms with Crippen molar-refractivity contribution in [3.8, 4) is 11.5 Å². The first kappa shape index (κ1) is 15.6. The van der Waals surface area contributed by atoms with Crippen LogP contribution in [-0.2, 0) is 4.79 Å². The molecule has 0 radical (unpaired) electrons. The molecule has 0 aliphatic heterocycles. The Bertz CT molecular complexity index is 627. The molecule has 114 valence electrons. The van der Waals surface area contributed by atoms with Gasteiger partial charge in [0, 0.05) is 0 Å². The number of amides is 1. The van der Waals surface area contributed by atoms with Crippen molar-refractivity contribution in [3.05, 3.63) is 60.2 Å². The van der Waals surface area contributed by atoms with Crippen LogP contribution in [0.15, 0.2) is 59.7 Å². The monoisotopic (exact) mass is 298 g/mol. The van der Waals surface area contributed by atoms with E-state index >= 15 is 0 Å². The molecular weight excluding hydrogens is 280 g/mol. The molecule has 0 unspecified atom stereocenters. The Morgan fingerprint density at radius 2 is 1.86 bits per heavy atom. The third-order valence-electron chi connectivity index (χ3n) is 2.69. The quantitative estimate of drug-likeness (QED) is 0.631. The first-order chi connectivity index (χ1) is 10.8. The molecule has 5 nitrogen and oxygen atoms in total. The number of hydrogen-bond donors (Lipinski definition) is 1. The van der Waals surface area contributed by atoms with Gasteiger partial charge in [-0.1, -0.05) is 30.3 Å². The normalized spacial score (nSPS) is 10.4. The van der Waals surface area contributed by atoms with Crippen molar-refractivity contribution in [1.29, 1.82) is 0 Å². The number of carbonyl (C=O) groups is 1. The highest BCUT2D eigenvalue weighted by Gasteiger charge is 2.00. The number of hydrogen-bond acceptors (Lipinski definition) is 4. The van der Waals surface area contributed by atoms with E-state index in [1.807, 2.05) is 49.4 Å². The maximum atomic E-state index is 11.6. The SMILES string of the molecule is CCOc1cccc(/C=N/NC(=O)COc2ccccc2)c1. The Morgan fingerprint density at radius 1 is 1.09 bits per heavy atom. The smallest absolute Gasteiger partial charge is 0.277 e. The first-order valence-electron chi connectivity index (χ1n) is 7.00. The van der Waals surface area contributed by atoms with Crippen LogP contribution in [0.1, 0.15) is 12.5 Å². The molecule has 22 heavy (non-hydrogen) atoms. The van der Waals surface area contributed by atoms with E-state index in [-0.39, 0.29) is 12.5 Å². The minimum atomic E-state index is -0.318. The Kier molecular flexibility index (Phi) is 5.99. The number of ether oxygens (including phenoxy) is 2. The molecule has 2 rings (SSSR count). The van der Waals surface area contributed by atoms with E-state index in [2.05, 4.69) is 10.5 Å². The van der Waals surface area contributed by atoms with Crippen LogP contribution in [0.25, 0.3) is 0 Å². The summed E-state index contributed by atoms with van der Waals surface area (Å²) < 4.78 is 10.7. The Morgan fingerprint density at radius 3 is 2.64 bits per heavy atom. The lowest BCUT2D eigenvalue weighted by atomic mass is 10.2. The van der Waals surface area contributed by atoms with E-state index in [4.69, 9.17) is 9.47 Å². The van der Waals surface area contributed by atoms with Crippen LogP contribution in [0, 0.1) is 0 Å². The van der Waals surface area contributed by atoms with Crippen LogP contribution in [-0.4, -0.2) is 25.3 Å². The van der Waals surface area contributed by atoms with Crippen LogP contribution in [0.4, 0.5) is 0 Å². The first-order valence-corrected chi connectivity index (χ1v) is 7.00. The summed E-state index contributed by atoms with van der Waals surface area (Å²) in [4.78, 5) is 11.6. The average molecular weight is 298 g/mol. The number of nitrogens with one attached hydrogen (secondary N) is 1. The minimum absolute atomic E-state index is 0.0830. The van der Waals surface area contributed by atoms with E-state index in [1.54, 1.807) is 18.3 Å². The minimum Gasteiger partial charge on any atom is -0.494 e. The zero-order chi connectivity index (χ0) is 15.6. The summed E-state index contributed by atoms with van der Waals surface area (Å²) in [6, 6.07) is 16.6. The van der Waals surface area contributed by atoms with Gasteiger partial charge in [0.15, 0.2) is 6.61 Å². The summed E-state index contributed by atoms with van der Waals surface area (Å²) in [5, 5.41) is 3.89. The third-order valence-corrected chi connectivity index (χ3v) is 2.69. The fourth-order valence-electron chi connectivity index (χ4n) is 1.73. The van der Waals surface area contributed by atoms with Gasteiger partial charge in [-0.05, 0) is 36.8 Å². The molecule has 0 fully saturated rings. The Labute approximate surface area is 129 Å². The van der Waals surface area contributed by atoms with E-state index in [0.717, 1.165) is 11.3 Å². The van der Waals surface area contributed by atoms with Gasteiger partial charge in [0.1, 0.15) is 11.5 Å². The highest BCUT2D eigenvalue weighted by atomic mass is 16.5. The van der Waals surface area contributed by atoms with E-state index in [1.165, 1.54) is 0 Å².